The Labute approximate surface area is 112 Å². The minimum absolute atomic E-state index is 0.374. The van der Waals surface area contributed by atoms with Gasteiger partial charge in [-0.2, -0.15) is 39.5 Å². The van der Waals surface area contributed by atoms with Gasteiger partial charge in [-0.3, -0.25) is 0 Å². The molecule has 0 fully saturated rings. The zero-order valence-electron chi connectivity index (χ0n) is 9.94. The van der Waals surface area contributed by atoms with E-state index in [4.69, 9.17) is 5.73 Å². The van der Waals surface area contributed by atoms with Gasteiger partial charge in [0.25, 0.3) is 0 Å². The van der Waals surface area contributed by atoms with Gasteiger partial charge in [-0.15, -0.1) is 0 Å². The predicted octanol–water partition coefficient (Wildman–Crippen LogP) is 4.45. The van der Waals surface area contributed by atoms with Crippen LogP contribution in [0.5, 0.6) is 0 Å². The van der Waals surface area contributed by atoms with E-state index in [9.17, 15) is 39.5 Å². The molecule has 0 saturated heterocycles. The highest BCUT2D eigenvalue weighted by atomic mass is 19.4. The quantitative estimate of drug-likeness (QED) is 0.799. The van der Waals surface area contributed by atoms with Crippen molar-refractivity contribution in [3.8, 4) is 0 Å². The number of hydrogen-bond donors (Lipinski definition) is 1. The molecule has 1 nitrogen and oxygen atoms in total. The number of nitrogens with two attached hydrogens (primary N) is 1. The van der Waals surface area contributed by atoms with Crippen LogP contribution in [0.1, 0.15) is 17.2 Å². The summed E-state index contributed by atoms with van der Waals surface area (Å²) in [6.45, 7) is 0. The second kappa shape index (κ2) is 5.39. The Kier molecular flexibility index (Phi) is 4.52. The first kappa shape index (κ1) is 17.6. The molecular formula is C11H8F9N. The van der Waals surface area contributed by atoms with Crippen molar-refractivity contribution in [2.75, 3.05) is 0 Å². The van der Waals surface area contributed by atoms with Crippen LogP contribution in [0.4, 0.5) is 39.5 Å². The standard InChI is InChI=1S/C11H8F9N/c12-9(13,14)6-4-2-1-3-5(6)7(21)8(10(15,16)17)11(18,19)20/h1-4,7-8H,21H2. The fraction of sp³-hybridized carbons (Fsp3) is 0.455. The van der Waals surface area contributed by atoms with Gasteiger partial charge in [0, 0.05) is 0 Å². The maximum absolute atomic E-state index is 12.6. The largest absolute Gasteiger partial charge is 0.416 e. The molecule has 1 aromatic carbocycles. The first-order valence-electron chi connectivity index (χ1n) is 5.31. The second-order valence-corrected chi connectivity index (χ2v) is 4.17. The average molecular weight is 325 g/mol. The fourth-order valence-electron chi connectivity index (χ4n) is 1.82. The number of hydrogen-bond acceptors (Lipinski definition) is 1. The molecule has 0 aliphatic rings. The summed E-state index contributed by atoms with van der Waals surface area (Å²) in [5.74, 6) is -4.09. The van der Waals surface area contributed by atoms with Gasteiger partial charge in [0.05, 0.1) is 11.6 Å². The molecule has 0 radical (unpaired) electrons. The molecular weight excluding hydrogens is 317 g/mol. The van der Waals surface area contributed by atoms with E-state index in [1.165, 1.54) is 0 Å². The van der Waals surface area contributed by atoms with E-state index in [0.717, 1.165) is 12.1 Å². The van der Waals surface area contributed by atoms with Crippen LogP contribution < -0.4 is 5.73 Å². The fourth-order valence-corrected chi connectivity index (χ4v) is 1.82. The van der Waals surface area contributed by atoms with Crippen LogP contribution >= 0.6 is 0 Å². The maximum Gasteiger partial charge on any atom is 0.416 e. The molecule has 21 heavy (non-hydrogen) atoms. The summed E-state index contributed by atoms with van der Waals surface area (Å²) in [4.78, 5) is 0. The van der Waals surface area contributed by atoms with Gasteiger partial charge >= 0.3 is 18.5 Å². The molecule has 0 amide bonds. The van der Waals surface area contributed by atoms with Crippen LogP contribution in [0.15, 0.2) is 24.3 Å². The van der Waals surface area contributed by atoms with Crippen LogP contribution in [0.2, 0.25) is 0 Å². The van der Waals surface area contributed by atoms with E-state index in [1.54, 1.807) is 0 Å². The monoisotopic (exact) mass is 325 g/mol. The van der Waals surface area contributed by atoms with Crippen LogP contribution in [-0.2, 0) is 6.18 Å². The summed E-state index contributed by atoms with van der Waals surface area (Å²) in [6.07, 6.45) is -16.8. The van der Waals surface area contributed by atoms with Crippen LogP contribution in [-0.4, -0.2) is 12.4 Å². The van der Waals surface area contributed by atoms with E-state index in [-0.39, 0.29) is 0 Å². The topological polar surface area (TPSA) is 26.0 Å². The van der Waals surface area contributed by atoms with Crippen molar-refractivity contribution >= 4 is 0 Å². The molecule has 1 unspecified atom stereocenters. The second-order valence-electron chi connectivity index (χ2n) is 4.17. The Morgan fingerprint density at radius 1 is 0.762 bits per heavy atom. The first-order chi connectivity index (χ1) is 9.26. The van der Waals surface area contributed by atoms with Crippen molar-refractivity contribution in [3.05, 3.63) is 35.4 Å². The maximum atomic E-state index is 12.6. The molecule has 10 heteroatoms. The molecule has 1 aromatic rings. The SMILES string of the molecule is NC(c1ccccc1C(F)(F)F)C(C(F)(F)F)C(F)(F)F. The molecule has 0 saturated carbocycles. The first-order valence-corrected chi connectivity index (χ1v) is 5.31. The molecule has 0 aromatic heterocycles. The van der Waals surface area contributed by atoms with Gasteiger partial charge in [0.15, 0.2) is 5.92 Å². The highest BCUT2D eigenvalue weighted by Crippen LogP contribution is 2.47. The molecule has 0 bridgehead atoms. The van der Waals surface area contributed by atoms with Crippen molar-refractivity contribution in [1.29, 1.82) is 0 Å². The van der Waals surface area contributed by atoms with E-state index in [0.29, 0.717) is 12.1 Å². The molecule has 120 valence electrons. The normalized spacial score (nSPS) is 15.4. The number of alkyl halides is 9. The molecule has 1 atom stereocenters. The minimum Gasteiger partial charge on any atom is -0.323 e. The molecule has 0 aliphatic carbocycles. The van der Waals surface area contributed by atoms with E-state index in [1.807, 2.05) is 0 Å². The Bertz CT molecular complexity index is 472. The van der Waals surface area contributed by atoms with Crippen molar-refractivity contribution in [3.63, 3.8) is 0 Å². The summed E-state index contributed by atoms with van der Waals surface area (Å²) in [5, 5.41) is 0. The van der Waals surface area contributed by atoms with Gasteiger partial charge in [-0.25, -0.2) is 0 Å². The van der Waals surface area contributed by atoms with Gasteiger partial charge in [0.2, 0.25) is 0 Å². The van der Waals surface area contributed by atoms with Gasteiger partial charge in [0.1, 0.15) is 0 Å². The minimum atomic E-state index is -5.82. The lowest BCUT2D eigenvalue weighted by Crippen LogP contribution is -2.44. The summed E-state index contributed by atoms with van der Waals surface area (Å²) < 4.78 is 113. The van der Waals surface area contributed by atoms with Crippen molar-refractivity contribution in [2.24, 2.45) is 11.7 Å². The lowest BCUT2D eigenvalue weighted by atomic mass is 9.89. The summed E-state index contributed by atoms with van der Waals surface area (Å²) in [5.41, 5.74) is 1.98. The van der Waals surface area contributed by atoms with Gasteiger partial charge in [-0.05, 0) is 11.6 Å². The number of rotatable bonds is 2. The summed E-state index contributed by atoms with van der Waals surface area (Å²) >= 11 is 0. The van der Waals surface area contributed by atoms with Crippen LogP contribution in [0.25, 0.3) is 0 Å². The summed E-state index contributed by atoms with van der Waals surface area (Å²) in [7, 11) is 0. The van der Waals surface area contributed by atoms with E-state index in [2.05, 4.69) is 0 Å². The molecule has 1 rings (SSSR count). The van der Waals surface area contributed by atoms with Crippen LogP contribution in [0, 0.1) is 5.92 Å². The Morgan fingerprint density at radius 2 is 1.19 bits per heavy atom. The molecule has 0 spiro atoms. The van der Waals surface area contributed by atoms with Gasteiger partial charge < -0.3 is 5.73 Å². The third-order valence-corrected chi connectivity index (χ3v) is 2.69. The van der Waals surface area contributed by atoms with Crippen LogP contribution in [0.3, 0.4) is 0 Å². The third kappa shape index (κ3) is 4.02. The number of halogens is 9. The Morgan fingerprint density at radius 3 is 1.57 bits per heavy atom. The zero-order chi connectivity index (χ0) is 16.6. The lowest BCUT2D eigenvalue weighted by molar-refractivity contribution is -0.290. The summed E-state index contributed by atoms with van der Waals surface area (Å²) in [6, 6.07) is -0.316. The highest BCUT2D eigenvalue weighted by molar-refractivity contribution is 5.33. The van der Waals surface area contributed by atoms with Gasteiger partial charge in [-0.1, -0.05) is 18.2 Å². The smallest absolute Gasteiger partial charge is 0.323 e. The predicted molar refractivity (Wildman–Crippen MR) is 54.0 cm³/mol. The Balaban J connectivity index is 3.39. The van der Waals surface area contributed by atoms with Crippen molar-refractivity contribution in [2.45, 2.75) is 24.6 Å². The molecule has 2 N–H and O–H groups in total. The Hall–Kier alpha value is -1.45. The van der Waals surface area contributed by atoms with Crippen molar-refractivity contribution in [1.82, 2.24) is 0 Å². The zero-order valence-corrected chi connectivity index (χ0v) is 9.94. The molecule has 0 heterocycles. The van der Waals surface area contributed by atoms with E-state index < -0.39 is 41.6 Å². The highest BCUT2D eigenvalue weighted by Gasteiger charge is 2.60. The molecule has 0 aliphatic heterocycles. The lowest BCUT2D eigenvalue weighted by Gasteiger charge is -2.29. The average Bonchev–Trinajstić information content (AvgIpc) is 2.23. The number of benzene rings is 1. The van der Waals surface area contributed by atoms with E-state index >= 15 is 0 Å². The van der Waals surface area contributed by atoms with Crippen molar-refractivity contribution < 1.29 is 39.5 Å². The third-order valence-electron chi connectivity index (χ3n) is 2.69.